The number of carboxylic acids is 1. The fraction of sp³-hybridized carbons (Fsp3) is 0.107. The van der Waals surface area contributed by atoms with Crippen molar-refractivity contribution >= 4 is 23.3 Å². The number of terminal acetylenes is 2. The van der Waals surface area contributed by atoms with Crippen LogP contribution in [-0.4, -0.2) is 23.4 Å². The van der Waals surface area contributed by atoms with Crippen molar-refractivity contribution in [3.8, 4) is 30.4 Å². The van der Waals surface area contributed by atoms with Crippen molar-refractivity contribution in [2.45, 2.75) is 11.8 Å². The smallest absolute Gasteiger partial charge is 0.341 e. The summed E-state index contributed by atoms with van der Waals surface area (Å²) in [4.78, 5) is 11.8. The third kappa shape index (κ3) is 5.64. The highest BCUT2D eigenvalue weighted by Crippen LogP contribution is 2.31. The molecule has 0 fully saturated rings. The third-order valence-corrected chi connectivity index (χ3v) is 5.70. The predicted molar refractivity (Wildman–Crippen MR) is 131 cm³/mol. The van der Waals surface area contributed by atoms with Crippen LogP contribution in [0.1, 0.15) is 27.8 Å². The van der Waals surface area contributed by atoms with Crippen molar-refractivity contribution in [3.63, 3.8) is 0 Å². The quantitative estimate of drug-likeness (QED) is 0.365. The van der Waals surface area contributed by atoms with Gasteiger partial charge in [-0.15, -0.1) is 24.6 Å². The van der Waals surface area contributed by atoms with Gasteiger partial charge in [0, 0.05) is 21.8 Å². The normalized spacial score (nSPS) is 9.97. The molecule has 3 rings (SSSR count). The molecule has 3 aromatic rings. The lowest BCUT2D eigenvalue weighted by Gasteiger charge is -2.13. The van der Waals surface area contributed by atoms with Gasteiger partial charge in [0.15, 0.2) is 6.61 Å². The number of thioether (sulfide) groups is 1. The molecule has 0 saturated carbocycles. The average molecular weight is 439 g/mol. The van der Waals surface area contributed by atoms with Gasteiger partial charge in [-0.2, -0.15) is 0 Å². The van der Waals surface area contributed by atoms with Crippen molar-refractivity contribution in [1.29, 1.82) is 0 Å². The van der Waals surface area contributed by atoms with Crippen LogP contribution in [-0.2, 0) is 4.79 Å². The van der Waals surface area contributed by atoms with E-state index < -0.39 is 5.97 Å². The topological polar surface area (TPSA) is 46.5 Å². The fourth-order valence-electron chi connectivity index (χ4n) is 3.29. The number of aryl methyl sites for hydroxylation is 1. The summed E-state index contributed by atoms with van der Waals surface area (Å²) in [5, 5.41) is 8.79. The zero-order valence-electron chi connectivity index (χ0n) is 17.7. The summed E-state index contributed by atoms with van der Waals surface area (Å²) in [6, 6.07) is 21.4. The van der Waals surface area contributed by atoms with Gasteiger partial charge in [-0.1, -0.05) is 54.3 Å². The number of hydrogen-bond acceptors (Lipinski definition) is 3. The van der Waals surface area contributed by atoms with Crippen molar-refractivity contribution in [1.82, 2.24) is 0 Å². The standard InChI is InChI=1S/C28H22O3S/c1-4-21-10-6-8-12-24(21)26(25-13-9-7-11-22(25)5-2)16-17-32-23-14-15-27(20(3)18-23)31-19-28(29)30/h1-2,6-16,18H,17,19H2,3H3,(H,29,30). The van der Waals surface area contributed by atoms with E-state index in [2.05, 4.69) is 17.9 Å². The van der Waals surface area contributed by atoms with Crippen molar-refractivity contribution < 1.29 is 14.6 Å². The Labute approximate surface area is 193 Å². The second-order valence-corrected chi connectivity index (χ2v) is 8.01. The van der Waals surface area contributed by atoms with Crippen LogP contribution in [0.25, 0.3) is 5.57 Å². The van der Waals surface area contributed by atoms with Gasteiger partial charge in [-0.25, -0.2) is 4.79 Å². The van der Waals surface area contributed by atoms with E-state index in [4.69, 9.17) is 22.7 Å². The highest BCUT2D eigenvalue weighted by molar-refractivity contribution is 7.99. The van der Waals surface area contributed by atoms with E-state index in [1.165, 1.54) is 0 Å². The summed E-state index contributed by atoms with van der Waals surface area (Å²) < 4.78 is 5.30. The first-order valence-electron chi connectivity index (χ1n) is 9.93. The van der Waals surface area contributed by atoms with E-state index >= 15 is 0 Å². The van der Waals surface area contributed by atoms with Crippen LogP contribution >= 0.6 is 11.8 Å². The maximum atomic E-state index is 10.7. The minimum atomic E-state index is -1.000. The summed E-state index contributed by atoms with van der Waals surface area (Å²) in [5.74, 6) is 5.80. The SMILES string of the molecule is C#Cc1ccccc1C(=CCSc1ccc(OCC(=O)O)c(C)c1)c1ccccc1C#C. The highest BCUT2D eigenvalue weighted by atomic mass is 32.2. The Bertz CT molecular complexity index is 1180. The molecular formula is C28H22O3S. The first-order chi connectivity index (χ1) is 15.5. The minimum Gasteiger partial charge on any atom is -0.482 e. The molecule has 158 valence electrons. The Balaban J connectivity index is 1.89. The van der Waals surface area contributed by atoms with E-state index in [1.807, 2.05) is 67.6 Å². The van der Waals surface area contributed by atoms with E-state index in [1.54, 1.807) is 17.8 Å². The monoisotopic (exact) mass is 438 g/mol. The molecule has 0 aliphatic carbocycles. The Morgan fingerprint density at radius 3 is 2.12 bits per heavy atom. The molecule has 0 amide bonds. The number of carbonyl (C=O) groups is 1. The first-order valence-corrected chi connectivity index (χ1v) is 10.9. The summed E-state index contributed by atoms with van der Waals surface area (Å²) in [7, 11) is 0. The predicted octanol–water partition coefficient (Wildman–Crippen LogP) is 5.65. The van der Waals surface area contributed by atoms with Crippen molar-refractivity contribution in [3.05, 3.63) is 101 Å². The maximum absolute atomic E-state index is 10.7. The number of rotatable bonds is 8. The van der Waals surface area contributed by atoms with E-state index in [0.29, 0.717) is 11.5 Å². The number of benzene rings is 3. The molecule has 0 atom stereocenters. The van der Waals surface area contributed by atoms with Crippen molar-refractivity contribution in [2.75, 3.05) is 12.4 Å². The molecule has 32 heavy (non-hydrogen) atoms. The Morgan fingerprint density at radius 1 is 1.00 bits per heavy atom. The van der Waals surface area contributed by atoms with Crippen LogP contribution in [0.3, 0.4) is 0 Å². The Kier molecular flexibility index (Phi) is 7.81. The molecule has 3 nitrogen and oxygen atoms in total. The Hall–Kier alpha value is -3.86. The molecule has 0 bridgehead atoms. The molecule has 0 radical (unpaired) electrons. The van der Waals surface area contributed by atoms with Crippen LogP contribution in [0, 0.1) is 31.6 Å². The third-order valence-electron chi connectivity index (χ3n) is 4.78. The highest BCUT2D eigenvalue weighted by Gasteiger charge is 2.12. The number of hydrogen-bond donors (Lipinski definition) is 1. The second kappa shape index (κ2) is 11.0. The van der Waals surface area contributed by atoms with Gasteiger partial charge in [0.1, 0.15) is 5.75 Å². The Morgan fingerprint density at radius 2 is 1.59 bits per heavy atom. The molecule has 0 unspecified atom stereocenters. The fourth-order valence-corrected chi connectivity index (χ4v) is 4.15. The number of ether oxygens (including phenoxy) is 1. The molecule has 1 N–H and O–H groups in total. The van der Waals surface area contributed by atoms with Gasteiger partial charge in [0.05, 0.1) is 0 Å². The first kappa shape index (κ1) is 22.8. The summed E-state index contributed by atoms with van der Waals surface area (Å²) in [6.07, 6.45) is 13.7. The lowest BCUT2D eigenvalue weighted by molar-refractivity contribution is -0.139. The molecule has 3 aromatic carbocycles. The molecule has 4 heteroatoms. The molecule has 0 saturated heterocycles. The minimum absolute atomic E-state index is 0.359. The number of aliphatic carboxylic acids is 1. The van der Waals surface area contributed by atoms with Crippen LogP contribution in [0.2, 0.25) is 0 Å². The summed E-state index contributed by atoms with van der Waals surface area (Å²) in [6.45, 7) is 1.54. The van der Waals surface area contributed by atoms with Gasteiger partial charge in [-0.3, -0.25) is 0 Å². The van der Waals surface area contributed by atoms with E-state index in [9.17, 15) is 4.79 Å². The largest absolute Gasteiger partial charge is 0.482 e. The zero-order chi connectivity index (χ0) is 22.9. The molecule has 0 aliphatic rings. The molecule has 0 aromatic heterocycles. The molecular weight excluding hydrogens is 416 g/mol. The average Bonchev–Trinajstić information content (AvgIpc) is 2.81. The van der Waals surface area contributed by atoms with Crippen LogP contribution in [0.5, 0.6) is 5.75 Å². The lowest BCUT2D eigenvalue weighted by atomic mass is 9.91. The van der Waals surface area contributed by atoms with Crippen LogP contribution < -0.4 is 4.74 Å². The van der Waals surface area contributed by atoms with E-state index in [-0.39, 0.29) is 6.61 Å². The number of carboxylic acid groups (broad SMARTS) is 1. The summed E-state index contributed by atoms with van der Waals surface area (Å²) in [5.41, 5.74) is 5.44. The zero-order valence-corrected chi connectivity index (χ0v) is 18.5. The lowest BCUT2D eigenvalue weighted by Crippen LogP contribution is -2.09. The van der Waals surface area contributed by atoms with E-state index in [0.717, 1.165) is 38.3 Å². The molecule has 0 spiro atoms. The second-order valence-electron chi connectivity index (χ2n) is 6.92. The van der Waals surface area contributed by atoms with Crippen LogP contribution in [0.4, 0.5) is 0 Å². The van der Waals surface area contributed by atoms with Gasteiger partial charge in [0.25, 0.3) is 0 Å². The van der Waals surface area contributed by atoms with Gasteiger partial charge >= 0.3 is 5.97 Å². The van der Waals surface area contributed by atoms with Gasteiger partial charge in [0.2, 0.25) is 0 Å². The maximum Gasteiger partial charge on any atom is 0.341 e. The van der Waals surface area contributed by atoms with Crippen LogP contribution in [0.15, 0.2) is 77.7 Å². The summed E-state index contributed by atoms with van der Waals surface area (Å²) >= 11 is 1.66. The van der Waals surface area contributed by atoms with Crippen molar-refractivity contribution in [2.24, 2.45) is 0 Å². The molecule has 0 aliphatic heterocycles. The molecule has 0 heterocycles. The van der Waals surface area contributed by atoms with Gasteiger partial charge < -0.3 is 9.84 Å². The van der Waals surface area contributed by atoms with Gasteiger partial charge in [-0.05, 0) is 59.5 Å².